The van der Waals surface area contributed by atoms with Gasteiger partial charge >= 0.3 is 0 Å². The van der Waals surface area contributed by atoms with Crippen LogP contribution in [0, 0.1) is 6.92 Å². The Morgan fingerprint density at radius 2 is 2.00 bits per heavy atom. The van der Waals surface area contributed by atoms with Gasteiger partial charge < -0.3 is 5.32 Å². The third-order valence-corrected chi connectivity index (χ3v) is 6.83. The van der Waals surface area contributed by atoms with Crippen molar-refractivity contribution in [1.29, 1.82) is 0 Å². The van der Waals surface area contributed by atoms with Gasteiger partial charge in [0.15, 0.2) is 0 Å². The highest BCUT2D eigenvalue weighted by atomic mass is 79.9. The van der Waals surface area contributed by atoms with Crippen LogP contribution in [0.25, 0.3) is 0 Å². The molecule has 3 rings (SSSR count). The van der Waals surface area contributed by atoms with Gasteiger partial charge in [-0.15, -0.1) is 0 Å². The first-order valence-electron chi connectivity index (χ1n) is 7.20. The zero-order valence-corrected chi connectivity index (χ0v) is 17.6. The lowest BCUT2D eigenvalue weighted by atomic mass is 10.2. The lowest BCUT2D eigenvalue weighted by Crippen LogP contribution is -2.16. The van der Waals surface area contributed by atoms with Crippen LogP contribution >= 0.6 is 55.4 Å². The smallest absolute Gasteiger partial charge is 0.234 e. The summed E-state index contributed by atoms with van der Waals surface area (Å²) in [6.45, 7) is 2.01. The molecule has 2 aromatic carbocycles. The third-order valence-electron chi connectivity index (χ3n) is 3.33. The number of hydrogen-bond donors (Lipinski definition) is 1. The van der Waals surface area contributed by atoms with Crippen molar-refractivity contribution >= 4 is 77.0 Å². The van der Waals surface area contributed by atoms with E-state index < -0.39 is 0 Å². The largest absolute Gasteiger partial charge is 0.323 e. The number of amides is 1. The topological polar surface area (TPSA) is 41.5 Å². The van der Waals surface area contributed by atoms with E-state index in [1.165, 1.54) is 17.3 Å². The Bertz CT molecular complexity index is 801. The number of nitrogens with zero attached hydrogens (tertiary/aromatic N) is 1. The number of para-hydroxylation sites is 1. The number of aliphatic imine (C=N–C) groups is 1. The molecule has 0 bridgehead atoms. The van der Waals surface area contributed by atoms with E-state index in [-0.39, 0.29) is 5.91 Å². The van der Waals surface area contributed by atoms with E-state index in [9.17, 15) is 4.79 Å². The van der Waals surface area contributed by atoms with Crippen LogP contribution < -0.4 is 5.32 Å². The minimum atomic E-state index is -0.0487. The molecule has 1 amide bonds. The van der Waals surface area contributed by atoms with Crippen LogP contribution in [-0.2, 0) is 10.5 Å². The molecule has 1 aliphatic rings. The standard InChI is InChI=1S/C17H14Br2N2OS2/c1-10-6-12(18)16(13(19)7-10)21-15(22)9-24-17-20-14-5-3-2-4-11(14)8-23-17/h2-7H,8-9H2,1H3,(H,21,22). The molecule has 0 fully saturated rings. The molecular weight excluding hydrogens is 472 g/mol. The molecule has 0 aromatic heterocycles. The molecule has 24 heavy (non-hydrogen) atoms. The van der Waals surface area contributed by atoms with Crippen LogP contribution in [0.4, 0.5) is 11.4 Å². The second-order valence-corrected chi connectivity index (χ2v) is 9.13. The number of aryl methyl sites for hydroxylation is 1. The Labute approximate surface area is 166 Å². The van der Waals surface area contributed by atoms with Crippen LogP contribution in [-0.4, -0.2) is 16.0 Å². The molecule has 1 N–H and O–H groups in total. The second-order valence-electron chi connectivity index (χ2n) is 5.24. The number of fused-ring (bicyclic) bond motifs is 1. The number of rotatable bonds is 3. The average Bonchev–Trinajstić information content (AvgIpc) is 2.56. The zero-order valence-electron chi connectivity index (χ0n) is 12.8. The maximum Gasteiger partial charge on any atom is 0.234 e. The number of carbonyl (C=O) groups is 1. The van der Waals surface area contributed by atoms with Gasteiger partial charge in [0.1, 0.15) is 4.38 Å². The number of nitrogens with one attached hydrogen (secondary N) is 1. The number of carbonyl (C=O) groups excluding carboxylic acids is 1. The number of thioether (sulfide) groups is 2. The van der Waals surface area contributed by atoms with Gasteiger partial charge in [0, 0.05) is 14.7 Å². The summed E-state index contributed by atoms with van der Waals surface area (Å²) in [7, 11) is 0. The first-order valence-corrected chi connectivity index (χ1v) is 10.8. The van der Waals surface area contributed by atoms with Gasteiger partial charge in [-0.1, -0.05) is 41.7 Å². The van der Waals surface area contributed by atoms with Gasteiger partial charge in [-0.25, -0.2) is 4.99 Å². The summed E-state index contributed by atoms with van der Waals surface area (Å²) >= 11 is 10.1. The Morgan fingerprint density at radius 1 is 1.29 bits per heavy atom. The molecule has 1 heterocycles. The quantitative estimate of drug-likeness (QED) is 0.568. The number of anilines is 1. The van der Waals surface area contributed by atoms with E-state index in [1.54, 1.807) is 11.8 Å². The fraction of sp³-hybridized carbons (Fsp3) is 0.176. The van der Waals surface area contributed by atoms with Crippen LogP contribution in [0.1, 0.15) is 11.1 Å². The summed E-state index contributed by atoms with van der Waals surface area (Å²) < 4.78 is 2.67. The van der Waals surface area contributed by atoms with E-state index >= 15 is 0 Å². The van der Waals surface area contributed by atoms with Crippen molar-refractivity contribution in [2.45, 2.75) is 12.7 Å². The summed E-state index contributed by atoms with van der Waals surface area (Å²) in [5.74, 6) is 1.19. The van der Waals surface area contributed by atoms with Crippen molar-refractivity contribution in [1.82, 2.24) is 0 Å². The van der Waals surface area contributed by atoms with Crippen molar-refractivity contribution in [3.8, 4) is 0 Å². The van der Waals surface area contributed by atoms with Crippen molar-refractivity contribution < 1.29 is 4.79 Å². The summed E-state index contributed by atoms with van der Waals surface area (Å²) in [5.41, 5.74) is 4.12. The summed E-state index contributed by atoms with van der Waals surface area (Å²) in [6.07, 6.45) is 0. The monoisotopic (exact) mass is 484 g/mol. The highest BCUT2D eigenvalue weighted by molar-refractivity contribution is 9.11. The van der Waals surface area contributed by atoms with Crippen LogP contribution in [0.3, 0.4) is 0 Å². The molecule has 0 saturated heterocycles. The fourth-order valence-electron chi connectivity index (χ4n) is 2.21. The third kappa shape index (κ3) is 4.45. The van der Waals surface area contributed by atoms with Crippen LogP contribution in [0.2, 0.25) is 0 Å². The van der Waals surface area contributed by atoms with Crippen LogP contribution in [0.15, 0.2) is 50.3 Å². The van der Waals surface area contributed by atoms with Crippen LogP contribution in [0.5, 0.6) is 0 Å². The number of hydrogen-bond acceptors (Lipinski definition) is 4. The van der Waals surface area contributed by atoms with Crippen molar-refractivity contribution in [3.63, 3.8) is 0 Å². The summed E-state index contributed by atoms with van der Waals surface area (Å²) in [4.78, 5) is 16.9. The predicted octanol–water partition coefficient (Wildman–Crippen LogP) is 6.13. The fourth-order valence-corrected chi connectivity index (χ4v) is 5.68. The molecule has 0 spiro atoms. The molecule has 0 atom stereocenters. The molecular formula is C17H14Br2N2OS2. The first kappa shape index (κ1) is 18.0. The SMILES string of the molecule is Cc1cc(Br)c(NC(=O)CSC2=Nc3ccccc3CS2)c(Br)c1. The Hall–Kier alpha value is -0.760. The lowest BCUT2D eigenvalue weighted by Gasteiger charge is -2.14. The molecule has 0 saturated carbocycles. The maximum absolute atomic E-state index is 12.3. The molecule has 3 nitrogen and oxygen atoms in total. The van der Waals surface area contributed by atoms with Crippen molar-refractivity contribution in [2.24, 2.45) is 4.99 Å². The van der Waals surface area contributed by atoms with E-state index in [1.807, 2.05) is 37.3 Å². The zero-order chi connectivity index (χ0) is 17.1. The molecule has 0 aliphatic carbocycles. The molecule has 124 valence electrons. The Morgan fingerprint density at radius 3 is 2.75 bits per heavy atom. The second kappa shape index (κ2) is 8.08. The summed E-state index contributed by atoms with van der Waals surface area (Å²) in [5, 5.41) is 2.95. The minimum absolute atomic E-state index is 0.0487. The number of halogens is 2. The van der Waals surface area contributed by atoms with E-state index in [0.29, 0.717) is 5.75 Å². The Balaban J connectivity index is 1.62. The molecule has 2 aromatic rings. The highest BCUT2D eigenvalue weighted by Crippen LogP contribution is 2.35. The van der Waals surface area contributed by atoms with Gasteiger partial charge in [0.05, 0.1) is 17.1 Å². The maximum atomic E-state index is 12.3. The van der Waals surface area contributed by atoms with Crippen molar-refractivity contribution in [3.05, 3.63) is 56.5 Å². The molecule has 0 radical (unpaired) electrons. The average molecular weight is 486 g/mol. The number of benzene rings is 2. The Kier molecular flexibility index (Phi) is 6.07. The van der Waals surface area contributed by atoms with Gasteiger partial charge in [0.2, 0.25) is 5.91 Å². The molecule has 0 unspecified atom stereocenters. The molecule has 7 heteroatoms. The summed E-state index contributed by atoms with van der Waals surface area (Å²) in [6, 6.07) is 12.1. The first-order chi connectivity index (χ1) is 11.5. The van der Waals surface area contributed by atoms with Gasteiger partial charge in [-0.3, -0.25) is 4.79 Å². The van der Waals surface area contributed by atoms with Gasteiger partial charge in [0.25, 0.3) is 0 Å². The van der Waals surface area contributed by atoms with Gasteiger partial charge in [-0.2, -0.15) is 0 Å². The predicted molar refractivity (Wildman–Crippen MR) is 112 cm³/mol. The van der Waals surface area contributed by atoms with Crippen molar-refractivity contribution in [2.75, 3.05) is 11.1 Å². The lowest BCUT2D eigenvalue weighted by molar-refractivity contribution is -0.113. The normalized spacial score (nSPS) is 13.2. The van der Waals surface area contributed by atoms with E-state index in [4.69, 9.17) is 0 Å². The van der Waals surface area contributed by atoms with Gasteiger partial charge in [-0.05, 0) is 68.1 Å². The van der Waals surface area contributed by atoms with E-state index in [0.717, 1.165) is 36.0 Å². The minimum Gasteiger partial charge on any atom is -0.323 e. The van der Waals surface area contributed by atoms with E-state index in [2.05, 4.69) is 48.2 Å². The highest BCUT2D eigenvalue weighted by Gasteiger charge is 2.15. The molecule has 1 aliphatic heterocycles.